The summed E-state index contributed by atoms with van der Waals surface area (Å²) in [5.74, 6) is 0. The first-order chi connectivity index (χ1) is 11.1. The molecule has 2 aromatic carbocycles. The molecular weight excluding hydrogens is 292 g/mol. The van der Waals surface area contributed by atoms with Crippen LogP contribution in [0.5, 0.6) is 0 Å². The number of methoxy groups -OCH3 is 1. The van der Waals surface area contributed by atoms with E-state index in [-0.39, 0.29) is 6.61 Å². The Kier molecular flexibility index (Phi) is 5.74. The summed E-state index contributed by atoms with van der Waals surface area (Å²) in [6.45, 7) is 4.18. The lowest BCUT2D eigenvalue weighted by molar-refractivity contribution is 0.131. The van der Waals surface area contributed by atoms with Gasteiger partial charge in [-0.2, -0.15) is 0 Å². The smallest absolute Gasteiger partial charge is 0.411 e. The minimum atomic E-state index is -0.517. The first-order valence-corrected chi connectivity index (χ1v) is 7.26. The number of benzene rings is 2. The number of hydrogen-bond acceptors (Lipinski definition) is 4. The maximum absolute atomic E-state index is 11.3. The van der Waals surface area contributed by atoms with Crippen LogP contribution in [0, 0.1) is 6.92 Å². The number of anilines is 1. The van der Waals surface area contributed by atoms with Crippen molar-refractivity contribution in [2.45, 2.75) is 20.5 Å². The van der Waals surface area contributed by atoms with Crippen molar-refractivity contribution in [1.29, 1.82) is 0 Å². The van der Waals surface area contributed by atoms with Crippen LogP contribution < -0.4 is 5.32 Å². The Labute approximate surface area is 135 Å². The topological polar surface area (TPSA) is 59.9 Å². The zero-order chi connectivity index (χ0) is 16.7. The Morgan fingerprint density at radius 1 is 1.17 bits per heavy atom. The summed E-state index contributed by atoms with van der Waals surface area (Å²) in [6.07, 6.45) is -0.517. The van der Waals surface area contributed by atoms with E-state index in [2.05, 4.69) is 21.3 Å². The van der Waals surface area contributed by atoms with Crippen LogP contribution in [0.15, 0.2) is 53.7 Å². The highest BCUT2D eigenvalue weighted by Gasteiger charge is 2.06. The van der Waals surface area contributed by atoms with E-state index >= 15 is 0 Å². The number of rotatable bonds is 5. The standard InChI is InChI=1S/C18H20N2O3/c1-13-7-6-9-15(11-13)14(2)20-23-12-16-8-4-5-10-17(16)19-18(21)22-3/h4-11H,12H2,1-3H3,(H,19,21). The molecule has 120 valence electrons. The van der Waals surface area contributed by atoms with Gasteiger partial charge in [0.2, 0.25) is 0 Å². The van der Waals surface area contributed by atoms with Gasteiger partial charge in [0.1, 0.15) is 6.61 Å². The Morgan fingerprint density at radius 3 is 2.70 bits per heavy atom. The Hall–Kier alpha value is -2.82. The molecule has 2 rings (SSSR count). The van der Waals surface area contributed by atoms with Crippen LogP contribution in [-0.2, 0) is 16.2 Å². The SMILES string of the molecule is COC(=O)Nc1ccccc1CON=C(C)c1cccc(C)c1. The van der Waals surface area contributed by atoms with Crippen molar-refractivity contribution >= 4 is 17.5 Å². The van der Waals surface area contributed by atoms with E-state index in [4.69, 9.17) is 4.84 Å². The molecule has 0 spiro atoms. The van der Waals surface area contributed by atoms with Gasteiger partial charge in [0.05, 0.1) is 18.5 Å². The molecule has 0 bridgehead atoms. The van der Waals surface area contributed by atoms with E-state index in [1.807, 2.05) is 50.2 Å². The highest BCUT2D eigenvalue weighted by Crippen LogP contribution is 2.16. The number of oxime groups is 1. The summed E-state index contributed by atoms with van der Waals surface area (Å²) in [6, 6.07) is 15.4. The van der Waals surface area contributed by atoms with E-state index in [9.17, 15) is 4.79 Å². The molecule has 0 aliphatic rings. The molecule has 23 heavy (non-hydrogen) atoms. The average molecular weight is 312 g/mol. The van der Waals surface area contributed by atoms with Gasteiger partial charge in [-0.1, -0.05) is 53.2 Å². The molecule has 0 aliphatic heterocycles. The summed E-state index contributed by atoms with van der Waals surface area (Å²) in [5.41, 5.74) is 4.45. The van der Waals surface area contributed by atoms with Crippen LogP contribution in [0.4, 0.5) is 10.5 Å². The van der Waals surface area contributed by atoms with Crippen molar-refractivity contribution in [2.24, 2.45) is 5.16 Å². The van der Waals surface area contributed by atoms with Gasteiger partial charge in [-0.3, -0.25) is 5.32 Å². The minimum Gasteiger partial charge on any atom is -0.453 e. The Bertz CT molecular complexity index is 711. The average Bonchev–Trinajstić information content (AvgIpc) is 2.56. The number of aryl methyl sites for hydroxylation is 1. The number of hydrogen-bond donors (Lipinski definition) is 1. The fourth-order valence-corrected chi connectivity index (χ4v) is 2.05. The van der Waals surface area contributed by atoms with Gasteiger partial charge in [0.25, 0.3) is 0 Å². The molecule has 0 heterocycles. The van der Waals surface area contributed by atoms with Crippen molar-refractivity contribution < 1.29 is 14.4 Å². The van der Waals surface area contributed by atoms with Crippen molar-refractivity contribution in [3.05, 3.63) is 65.2 Å². The molecule has 0 atom stereocenters. The molecule has 0 saturated heterocycles. The lowest BCUT2D eigenvalue weighted by Gasteiger charge is -2.09. The summed E-state index contributed by atoms with van der Waals surface area (Å²) in [4.78, 5) is 16.8. The second-order valence-electron chi connectivity index (χ2n) is 5.09. The van der Waals surface area contributed by atoms with Gasteiger partial charge < -0.3 is 9.57 Å². The Morgan fingerprint density at radius 2 is 1.96 bits per heavy atom. The highest BCUT2D eigenvalue weighted by atomic mass is 16.6. The second kappa shape index (κ2) is 7.98. The molecular formula is C18H20N2O3. The highest BCUT2D eigenvalue weighted by molar-refractivity contribution is 5.98. The van der Waals surface area contributed by atoms with E-state index < -0.39 is 6.09 Å². The lowest BCUT2D eigenvalue weighted by Crippen LogP contribution is -2.12. The fraction of sp³-hybridized carbons (Fsp3) is 0.222. The minimum absolute atomic E-state index is 0.253. The summed E-state index contributed by atoms with van der Waals surface area (Å²) < 4.78 is 4.60. The summed E-state index contributed by atoms with van der Waals surface area (Å²) in [5, 5.41) is 6.79. The zero-order valence-electron chi connectivity index (χ0n) is 13.5. The first-order valence-electron chi connectivity index (χ1n) is 7.26. The first kappa shape index (κ1) is 16.5. The monoisotopic (exact) mass is 312 g/mol. The van der Waals surface area contributed by atoms with Crippen LogP contribution in [0.25, 0.3) is 0 Å². The Balaban J connectivity index is 2.03. The maximum atomic E-state index is 11.3. The van der Waals surface area contributed by atoms with Gasteiger partial charge in [-0.25, -0.2) is 4.79 Å². The van der Waals surface area contributed by atoms with E-state index in [1.54, 1.807) is 6.07 Å². The third-order valence-corrected chi connectivity index (χ3v) is 3.30. The predicted molar refractivity (Wildman–Crippen MR) is 90.6 cm³/mol. The molecule has 0 aliphatic carbocycles. The molecule has 5 nitrogen and oxygen atoms in total. The van der Waals surface area contributed by atoms with Crippen LogP contribution in [0.1, 0.15) is 23.6 Å². The normalized spacial score (nSPS) is 11.0. The zero-order valence-corrected chi connectivity index (χ0v) is 13.5. The van der Waals surface area contributed by atoms with Crippen LogP contribution in [-0.4, -0.2) is 18.9 Å². The number of nitrogens with one attached hydrogen (secondary N) is 1. The lowest BCUT2D eigenvalue weighted by atomic mass is 10.1. The fourth-order valence-electron chi connectivity index (χ4n) is 2.05. The maximum Gasteiger partial charge on any atom is 0.411 e. The van der Waals surface area contributed by atoms with Gasteiger partial charge in [0.15, 0.2) is 0 Å². The van der Waals surface area contributed by atoms with Crippen molar-refractivity contribution in [3.8, 4) is 0 Å². The third-order valence-electron chi connectivity index (χ3n) is 3.30. The quantitative estimate of drug-likeness (QED) is 0.667. The van der Waals surface area contributed by atoms with Crippen molar-refractivity contribution in [2.75, 3.05) is 12.4 Å². The number of carbonyl (C=O) groups is 1. The van der Waals surface area contributed by atoms with E-state index in [1.165, 1.54) is 12.7 Å². The van der Waals surface area contributed by atoms with E-state index in [0.717, 1.165) is 16.8 Å². The largest absolute Gasteiger partial charge is 0.453 e. The van der Waals surface area contributed by atoms with Gasteiger partial charge in [-0.15, -0.1) is 0 Å². The predicted octanol–water partition coefficient (Wildman–Crippen LogP) is 4.11. The third kappa shape index (κ3) is 4.85. The number of amides is 1. The van der Waals surface area contributed by atoms with Gasteiger partial charge in [-0.05, 0) is 25.5 Å². The molecule has 1 N–H and O–H groups in total. The van der Waals surface area contributed by atoms with Crippen LogP contribution in [0.3, 0.4) is 0 Å². The molecule has 0 radical (unpaired) electrons. The second-order valence-corrected chi connectivity index (χ2v) is 5.09. The van der Waals surface area contributed by atoms with Crippen LogP contribution >= 0.6 is 0 Å². The number of carbonyl (C=O) groups excluding carboxylic acids is 1. The molecule has 0 saturated carbocycles. The van der Waals surface area contributed by atoms with Crippen molar-refractivity contribution in [1.82, 2.24) is 0 Å². The molecule has 2 aromatic rings. The number of nitrogens with zero attached hydrogens (tertiary/aromatic N) is 1. The molecule has 0 aromatic heterocycles. The van der Waals surface area contributed by atoms with E-state index in [0.29, 0.717) is 5.69 Å². The molecule has 5 heteroatoms. The molecule has 0 unspecified atom stereocenters. The number of para-hydroxylation sites is 1. The molecule has 0 fully saturated rings. The van der Waals surface area contributed by atoms with Gasteiger partial charge >= 0.3 is 6.09 Å². The number of ether oxygens (including phenoxy) is 1. The van der Waals surface area contributed by atoms with Crippen molar-refractivity contribution in [3.63, 3.8) is 0 Å². The summed E-state index contributed by atoms with van der Waals surface area (Å²) in [7, 11) is 1.32. The van der Waals surface area contributed by atoms with Gasteiger partial charge in [0, 0.05) is 5.56 Å². The van der Waals surface area contributed by atoms with Crippen LogP contribution in [0.2, 0.25) is 0 Å². The molecule has 1 amide bonds. The summed E-state index contributed by atoms with van der Waals surface area (Å²) >= 11 is 0.